The van der Waals surface area contributed by atoms with Crippen molar-refractivity contribution in [1.29, 1.82) is 0 Å². The van der Waals surface area contributed by atoms with Crippen LogP contribution in [0.15, 0.2) is 134 Å². The molecule has 0 aliphatic rings. The first-order valence-electron chi connectivity index (χ1n) is 31.2. The topological polar surface area (TPSA) is 78.9 Å². The van der Waals surface area contributed by atoms with Crippen LogP contribution in [0.4, 0.5) is 0 Å². The smallest absolute Gasteiger partial charge is 0.306 e. The summed E-state index contributed by atoms with van der Waals surface area (Å²) in [6, 6.07) is 0. The van der Waals surface area contributed by atoms with Gasteiger partial charge in [0, 0.05) is 19.3 Å². The fourth-order valence-electron chi connectivity index (χ4n) is 8.25. The van der Waals surface area contributed by atoms with Gasteiger partial charge < -0.3 is 14.2 Å². The molecule has 1 unspecified atom stereocenters. The fourth-order valence-corrected chi connectivity index (χ4v) is 8.25. The normalized spacial score (nSPS) is 13.0. The van der Waals surface area contributed by atoms with E-state index >= 15 is 0 Å². The molecule has 0 aliphatic heterocycles. The molecule has 0 saturated carbocycles. The van der Waals surface area contributed by atoms with Gasteiger partial charge in [-0.05, 0) is 135 Å². The summed E-state index contributed by atoms with van der Waals surface area (Å²) in [4.78, 5) is 38.3. The van der Waals surface area contributed by atoms with Crippen LogP contribution in [0.3, 0.4) is 0 Å². The minimum absolute atomic E-state index is 0.103. The molecular formula is C70H114O6. The van der Waals surface area contributed by atoms with Crippen LogP contribution in [0.2, 0.25) is 0 Å². The average Bonchev–Trinajstić information content (AvgIpc) is 3.42. The maximum absolute atomic E-state index is 12.9. The summed E-state index contributed by atoms with van der Waals surface area (Å²) in [5, 5.41) is 0. The van der Waals surface area contributed by atoms with Gasteiger partial charge in [0.05, 0.1) is 0 Å². The molecule has 0 saturated heterocycles. The first-order valence-corrected chi connectivity index (χ1v) is 31.2. The van der Waals surface area contributed by atoms with E-state index in [1.807, 2.05) is 0 Å². The maximum atomic E-state index is 12.9. The quantitative estimate of drug-likeness (QED) is 0.0261. The first kappa shape index (κ1) is 71.5. The van der Waals surface area contributed by atoms with Gasteiger partial charge in [-0.1, -0.05) is 251 Å². The van der Waals surface area contributed by atoms with E-state index in [2.05, 4.69) is 154 Å². The molecule has 1 atom stereocenters. The second kappa shape index (κ2) is 63.1. The van der Waals surface area contributed by atoms with E-state index in [1.54, 1.807) is 0 Å². The molecule has 0 fully saturated rings. The molecule has 0 aliphatic carbocycles. The van der Waals surface area contributed by atoms with Crippen LogP contribution in [-0.2, 0) is 28.6 Å². The standard InChI is InChI=1S/C70H114O6/c1-4-7-10-13-16-19-22-25-28-31-33-34-35-36-38-39-42-45-48-51-54-57-60-63-69(72)75-66-67(65-74-68(71)62-59-56-53-50-47-44-41-30-27-24-21-18-15-12-9-6-3)76-70(73)64-61-58-55-52-49-46-43-40-37-32-29-26-23-20-17-14-11-8-5-2/h7-8,10-11,16-17,19-20,25-26,28-30,33-34,36-38,40-41,46,49,67H,4-6,9,12-15,18,21-24,27,31-32,35,39,42-45,47-48,50-66H2,1-3H3/b10-7-,11-8-,19-16-,20-17-,28-25-,29-26-,34-33-,38-36-,40-37-,41-30-,49-46-. The Morgan fingerprint density at radius 3 is 0.829 bits per heavy atom. The van der Waals surface area contributed by atoms with Crippen molar-refractivity contribution in [3.8, 4) is 0 Å². The van der Waals surface area contributed by atoms with Gasteiger partial charge >= 0.3 is 17.9 Å². The van der Waals surface area contributed by atoms with Crippen molar-refractivity contribution in [3.05, 3.63) is 134 Å². The zero-order chi connectivity index (χ0) is 55.0. The van der Waals surface area contributed by atoms with Crippen LogP contribution in [0.25, 0.3) is 0 Å². The highest BCUT2D eigenvalue weighted by Gasteiger charge is 2.19. The molecule has 6 heteroatoms. The zero-order valence-electron chi connectivity index (χ0n) is 49.2. The third kappa shape index (κ3) is 60.4. The summed E-state index contributed by atoms with van der Waals surface area (Å²) in [6.07, 6.45) is 88.7. The Labute approximate surface area is 468 Å². The van der Waals surface area contributed by atoms with Crippen LogP contribution in [0.5, 0.6) is 0 Å². The van der Waals surface area contributed by atoms with Gasteiger partial charge in [0.25, 0.3) is 0 Å². The summed E-state index contributed by atoms with van der Waals surface area (Å²) in [5.74, 6) is -0.953. The zero-order valence-corrected chi connectivity index (χ0v) is 49.2. The van der Waals surface area contributed by atoms with Gasteiger partial charge in [-0.3, -0.25) is 14.4 Å². The highest BCUT2D eigenvalue weighted by Crippen LogP contribution is 2.14. The second-order valence-electron chi connectivity index (χ2n) is 20.2. The van der Waals surface area contributed by atoms with Crippen molar-refractivity contribution in [1.82, 2.24) is 0 Å². The number of hydrogen-bond acceptors (Lipinski definition) is 6. The van der Waals surface area contributed by atoms with E-state index in [0.717, 1.165) is 148 Å². The predicted molar refractivity (Wildman–Crippen MR) is 329 cm³/mol. The van der Waals surface area contributed by atoms with E-state index in [4.69, 9.17) is 14.2 Å². The van der Waals surface area contributed by atoms with E-state index in [1.165, 1.54) is 83.5 Å². The summed E-state index contributed by atoms with van der Waals surface area (Å²) in [7, 11) is 0. The van der Waals surface area contributed by atoms with E-state index in [0.29, 0.717) is 12.8 Å². The van der Waals surface area contributed by atoms with Crippen molar-refractivity contribution in [3.63, 3.8) is 0 Å². The lowest BCUT2D eigenvalue weighted by molar-refractivity contribution is -0.167. The van der Waals surface area contributed by atoms with Crippen molar-refractivity contribution < 1.29 is 28.6 Å². The monoisotopic (exact) mass is 1050 g/mol. The summed E-state index contributed by atoms with van der Waals surface area (Å²) >= 11 is 0. The number of rotatable bonds is 55. The Morgan fingerprint density at radius 1 is 0.276 bits per heavy atom. The molecular weight excluding hydrogens is 937 g/mol. The molecule has 0 heterocycles. The third-order valence-corrected chi connectivity index (χ3v) is 12.9. The molecule has 0 rings (SSSR count). The molecule has 0 aromatic rings. The summed E-state index contributed by atoms with van der Waals surface area (Å²) in [5.41, 5.74) is 0. The van der Waals surface area contributed by atoms with Gasteiger partial charge in [-0.15, -0.1) is 0 Å². The molecule has 0 aromatic carbocycles. The average molecular weight is 1050 g/mol. The number of hydrogen-bond donors (Lipinski definition) is 0. The lowest BCUT2D eigenvalue weighted by Gasteiger charge is -2.18. The Bertz CT molecular complexity index is 1630. The number of ether oxygens (including phenoxy) is 3. The van der Waals surface area contributed by atoms with Crippen LogP contribution < -0.4 is 0 Å². The highest BCUT2D eigenvalue weighted by atomic mass is 16.6. The van der Waals surface area contributed by atoms with Crippen molar-refractivity contribution in [2.45, 2.75) is 277 Å². The number of carbonyl (C=O) groups is 3. The molecule has 0 aromatic heterocycles. The van der Waals surface area contributed by atoms with E-state index < -0.39 is 6.10 Å². The summed E-state index contributed by atoms with van der Waals surface area (Å²) < 4.78 is 16.9. The first-order chi connectivity index (χ1) is 37.5. The Kier molecular flexibility index (Phi) is 59.4. The highest BCUT2D eigenvalue weighted by molar-refractivity contribution is 5.71. The lowest BCUT2D eigenvalue weighted by Crippen LogP contribution is -2.30. The number of carbonyl (C=O) groups excluding carboxylic acids is 3. The number of unbranched alkanes of at least 4 members (excludes halogenated alkanes) is 22. The van der Waals surface area contributed by atoms with Crippen LogP contribution in [-0.4, -0.2) is 37.2 Å². The molecule has 430 valence electrons. The van der Waals surface area contributed by atoms with Crippen molar-refractivity contribution >= 4 is 17.9 Å². The van der Waals surface area contributed by atoms with Crippen molar-refractivity contribution in [2.24, 2.45) is 0 Å². The predicted octanol–water partition coefficient (Wildman–Crippen LogP) is 21.4. The van der Waals surface area contributed by atoms with Gasteiger partial charge in [0.2, 0.25) is 0 Å². The van der Waals surface area contributed by atoms with E-state index in [9.17, 15) is 14.4 Å². The van der Waals surface area contributed by atoms with Gasteiger partial charge in [-0.25, -0.2) is 0 Å². The Hall–Kier alpha value is -4.45. The minimum atomic E-state index is -0.810. The SMILES string of the molecule is CC/C=C\C/C=C\C/C=C\C/C=C\C/C=C\CCCCCCCCCC(=O)OCC(COC(=O)CCCCCCC/C=C\CCCCCCCCC)OC(=O)CCCCC/C=C\C/C=C\C/C=C\C/C=C\C/C=C\CC. The van der Waals surface area contributed by atoms with Crippen molar-refractivity contribution in [2.75, 3.05) is 13.2 Å². The van der Waals surface area contributed by atoms with Gasteiger partial charge in [-0.2, -0.15) is 0 Å². The molecule has 0 spiro atoms. The minimum Gasteiger partial charge on any atom is -0.462 e. The summed E-state index contributed by atoms with van der Waals surface area (Å²) in [6.45, 7) is 6.37. The molecule has 0 N–H and O–H groups in total. The molecule has 0 radical (unpaired) electrons. The lowest BCUT2D eigenvalue weighted by atomic mass is 10.1. The fraction of sp³-hybridized carbons (Fsp3) is 0.643. The van der Waals surface area contributed by atoms with Crippen LogP contribution in [0.1, 0.15) is 271 Å². The van der Waals surface area contributed by atoms with Crippen LogP contribution in [0, 0.1) is 0 Å². The van der Waals surface area contributed by atoms with Gasteiger partial charge in [0.1, 0.15) is 13.2 Å². The molecule has 0 bridgehead atoms. The largest absolute Gasteiger partial charge is 0.462 e. The molecule has 76 heavy (non-hydrogen) atoms. The van der Waals surface area contributed by atoms with Crippen LogP contribution >= 0.6 is 0 Å². The molecule has 6 nitrogen and oxygen atoms in total. The third-order valence-electron chi connectivity index (χ3n) is 12.9. The van der Waals surface area contributed by atoms with E-state index in [-0.39, 0.29) is 37.5 Å². The van der Waals surface area contributed by atoms with Gasteiger partial charge in [0.15, 0.2) is 6.10 Å². The number of allylic oxidation sites excluding steroid dienone is 22. The Morgan fingerprint density at radius 2 is 0.513 bits per heavy atom. The number of esters is 3. The Balaban J connectivity index is 4.49. The maximum Gasteiger partial charge on any atom is 0.306 e. The molecule has 0 amide bonds. The second-order valence-corrected chi connectivity index (χ2v) is 20.2.